The fourth-order valence-electron chi connectivity index (χ4n) is 3.62. The molecule has 1 aromatic heterocycles. The predicted molar refractivity (Wildman–Crippen MR) is 115 cm³/mol. The van der Waals surface area contributed by atoms with E-state index < -0.39 is 12.0 Å². The molecular formula is C24H27N3O3. The second kappa shape index (κ2) is 9.39. The first-order valence-corrected chi connectivity index (χ1v) is 9.95. The standard InChI is InChI=1S/C24H27N3O3/c1-16(24(29)30-4)23(19-11-7-5-8-12-19)25-22(28)15-21-17(2)26-27(18(21)3)20-13-9-6-10-14-20/h5-14,16,23H,15H2,1-4H3,(H,25,28). The van der Waals surface area contributed by atoms with Gasteiger partial charge >= 0.3 is 5.97 Å². The van der Waals surface area contributed by atoms with Gasteiger partial charge in [0.15, 0.2) is 0 Å². The van der Waals surface area contributed by atoms with Gasteiger partial charge in [0.05, 0.1) is 36.9 Å². The van der Waals surface area contributed by atoms with E-state index in [2.05, 4.69) is 10.4 Å². The van der Waals surface area contributed by atoms with E-state index in [1.165, 1.54) is 7.11 Å². The quantitative estimate of drug-likeness (QED) is 0.609. The van der Waals surface area contributed by atoms with Gasteiger partial charge in [-0.3, -0.25) is 9.59 Å². The summed E-state index contributed by atoms with van der Waals surface area (Å²) in [5.74, 6) is -1.05. The van der Waals surface area contributed by atoms with Crippen molar-refractivity contribution in [3.63, 3.8) is 0 Å². The summed E-state index contributed by atoms with van der Waals surface area (Å²) in [5.41, 5.74) is 4.42. The monoisotopic (exact) mass is 405 g/mol. The minimum Gasteiger partial charge on any atom is -0.469 e. The van der Waals surface area contributed by atoms with Crippen LogP contribution >= 0.6 is 0 Å². The molecule has 2 unspecified atom stereocenters. The summed E-state index contributed by atoms with van der Waals surface area (Å²) < 4.78 is 6.75. The van der Waals surface area contributed by atoms with Gasteiger partial charge in [0.25, 0.3) is 0 Å². The molecule has 3 rings (SSSR count). The van der Waals surface area contributed by atoms with E-state index in [-0.39, 0.29) is 18.3 Å². The topological polar surface area (TPSA) is 73.2 Å². The molecule has 6 nitrogen and oxygen atoms in total. The molecule has 0 aliphatic rings. The number of nitrogens with zero attached hydrogens (tertiary/aromatic N) is 2. The summed E-state index contributed by atoms with van der Waals surface area (Å²) in [7, 11) is 1.35. The summed E-state index contributed by atoms with van der Waals surface area (Å²) in [6, 6.07) is 18.8. The number of aromatic nitrogens is 2. The summed E-state index contributed by atoms with van der Waals surface area (Å²) in [6.07, 6.45) is 0.182. The average Bonchev–Trinajstić information content (AvgIpc) is 3.06. The van der Waals surface area contributed by atoms with Gasteiger partial charge in [-0.1, -0.05) is 48.5 Å². The first kappa shape index (κ1) is 21.3. The van der Waals surface area contributed by atoms with Crippen LogP contribution in [0, 0.1) is 19.8 Å². The van der Waals surface area contributed by atoms with Gasteiger partial charge in [-0.2, -0.15) is 5.10 Å². The van der Waals surface area contributed by atoms with E-state index >= 15 is 0 Å². The molecule has 1 heterocycles. The maximum Gasteiger partial charge on any atom is 0.310 e. The smallest absolute Gasteiger partial charge is 0.310 e. The van der Waals surface area contributed by atoms with Crippen molar-refractivity contribution >= 4 is 11.9 Å². The van der Waals surface area contributed by atoms with Gasteiger partial charge in [-0.15, -0.1) is 0 Å². The lowest BCUT2D eigenvalue weighted by atomic mass is 9.94. The van der Waals surface area contributed by atoms with Gasteiger partial charge < -0.3 is 10.1 Å². The highest BCUT2D eigenvalue weighted by Crippen LogP contribution is 2.24. The number of nitrogens with one attached hydrogen (secondary N) is 1. The zero-order chi connectivity index (χ0) is 21.7. The predicted octanol–water partition coefficient (Wildman–Crippen LogP) is 3.70. The molecular weight excluding hydrogens is 378 g/mol. The molecule has 2 aromatic carbocycles. The number of para-hydroxylation sites is 1. The lowest BCUT2D eigenvalue weighted by molar-refractivity contribution is -0.146. The van der Waals surface area contributed by atoms with Gasteiger partial charge in [-0.25, -0.2) is 4.68 Å². The van der Waals surface area contributed by atoms with Crippen molar-refractivity contribution in [3.8, 4) is 5.69 Å². The first-order chi connectivity index (χ1) is 14.4. The largest absolute Gasteiger partial charge is 0.469 e. The Balaban J connectivity index is 1.82. The second-order valence-electron chi connectivity index (χ2n) is 7.34. The molecule has 2 atom stereocenters. The first-order valence-electron chi connectivity index (χ1n) is 9.95. The van der Waals surface area contributed by atoms with E-state index in [1.54, 1.807) is 6.92 Å². The minimum atomic E-state index is -0.518. The summed E-state index contributed by atoms with van der Waals surface area (Å²) >= 11 is 0. The molecule has 0 aliphatic heterocycles. The summed E-state index contributed by atoms with van der Waals surface area (Å²) in [5, 5.41) is 7.63. The number of ether oxygens (including phenoxy) is 1. The SMILES string of the molecule is COC(=O)C(C)C(NC(=O)Cc1c(C)nn(-c2ccccc2)c1C)c1ccccc1. The van der Waals surface area contributed by atoms with Crippen molar-refractivity contribution in [2.45, 2.75) is 33.2 Å². The molecule has 156 valence electrons. The Bertz CT molecular complexity index is 1010. The van der Waals surface area contributed by atoms with E-state index in [0.29, 0.717) is 0 Å². The third-order valence-corrected chi connectivity index (χ3v) is 5.33. The zero-order valence-electron chi connectivity index (χ0n) is 17.8. The molecule has 0 fully saturated rings. The van der Waals surface area contributed by atoms with Crippen LogP contribution < -0.4 is 5.32 Å². The molecule has 0 saturated carbocycles. The van der Waals surface area contributed by atoms with Crippen molar-refractivity contribution in [2.24, 2.45) is 5.92 Å². The summed E-state index contributed by atoms with van der Waals surface area (Å²) in [4.78, 5) is 25.1. The molecule has 3 aromatic rings. The Labute approximate surface area is 176 Å². The number of carbonyl (C=O) groups excluding carboxylic acids is 2. The Morgan fingerprint density at radius 2 is 1.63 bits per heavy atom. The lowest BCUT2D eigenvalue weighted by Gasteiger charge is -2.24. The van der Waals surface area contributed by atoms with Crippen LogP contribution in [0.5, 0.6) is 0 Å². The van der Waals surface area contributed by atoms with Crippen molar-refractivity contribution in [2.75, 3.05) is 7.11 Å². The van der Waals surface area contributed by atoms with Gasteiger partial charge in [0.2, 0.25) is 5.91 Å². The minimum absolute atomic E-state index is 0.168. The highest BCUT2D eigenvalue weighted by molar-refractivity contribution is 5.81. The Kier molecular flexibility index (Phi) is 6.67. The highest BCUT2D eigenvalue weighted by Gasteiger charge is 2.28. The Morgan fingerprint density at radius 1 is 1.03 bits per heavy atom. The van der Waals surface area contributed by atoms with Crippen LogP contribution in [0.3, 0.4) is 0 Å². The Morgan fingerprint density at radius 3 is 2.23 bits per heavy atom. The third kappa shape index (κ3) is 4.59. The van der Waals surface area contributed by atoms with Crippen molar-refractivity contribution in [1.82, 2.24) is 15.1 Å². The number of amides is 1. The summed E-state index contributed by atoms with van der Waals surface area (Å²) in [6.45, 7) is 5.62. The second-order valence-corrected chi connectivity index (χ2v) is 7.34. The van der Waals surface area contributed by atoms with Crippen molar-refractivity contribution in [1.29, 1.82) is 0 Å². The van der Waals surface area contributed by atoms with E-state index in [9.17, 15) is 9.59 Å². The van der Waals surface area contributed by atoms with Crippen molar-refractivity contribution < 1.29 is 14.3 Å². The fourth-order valence-corrected chi connectivity index (χ4v) is 3.62. The normalized spacial score (nSPS) is 12.8. The van der Waals surface area contributed by atoms with Crippen LogP contribution in [0.1, 0.15) is 35.5 Å². The van der Waals surface area contributed by atoms with Crippen LogP contribution in [-0.4, -0.2) is 28.8 Å². The number of rotatable bonds is 7. The number of esters is 1. The van der Waals surface area contributed by atoms with E-state index in [4.69, 9.17) is 4.74 Å². The maximum absolute atomic E-state index is 13.0. The maximum atomic E-state index is 13.0. The number of hydrogen-bond acceptors (Lipinski definition) is 4. The molecule has 0 bridgehead atoms. The van der Waals surface area contributed by atoms with Crippen LogP contribution in [0.25, 0.3) is 5.69 Å². The molecule has 0 saturated heterocycles. The van der Waals surface area contributed by atoms with Crippen LogP contribution in [0.4, 0.5) is 0 Å². The highest BCUT2D eigenvalue weighted by atomic mass is 16.5. The number of carbonyl (C=O) groups is 2. The van der Waals surface area contributed by atoms with Gasteiger partial charge in [-0.05, 0) is 38.5 Å². The molecule has 30 heavy (non-hydrogen) atoms. The molecule has 1 N–H and O–H groups in total. The fraction of sp³-hybridized carbons (Fsp3) is 0.292. The van der Waals surface area contributed by atoms with Crippen LogP contribution in [0.2, 0.25) is 0 Å². The average molecular weight is 405 g/mol. The van der Waals surface area contributed by atoms with E-state index in [1.807, 2.05) is 79.2 Å². The Hall–Kier alpha value is -3.41. The number of methoxy groups -OCH3 is 1. The number of aryl methyl sites for hydroxylation is 1. The molecule has 0 aliphatic carbocycles. The molecule has 1 amide bonds. The molecule has 0 radical (unpaired) electrons. The number of hydrogen-bond donors (Lipinski definition) is 1. The molecule has 6 heteroatoms. The lowest BCUT2D eigenvalue weighted by Crippen LogP contribution is -2.37. The van der Waals surface area contributed by atoms with Crippen LogP contribution in [-0.2, 0) is 20.7 Å². The van der Waals surface area contributed by atoms with Gasteiger partial charge in [0, 0.05) is 11.3 Å². The van der Waals surface area contributed by atoms with Crippen molar-refractivity contribution in [3.05, 3.63) is 83.2 Å². The number of benzene rings is 2. The van der Waals surface area contributed by atoms with Gasteiger partial charge in [0.1, 0.15) is 0 Å². The van der Waals surface area contributed by atoms with Crippen LogP contribution in [0.15, 0.2) is 60.7 Å². The molecule has 0 spiro atoms. The zero-order valence-corrected chi connectivity index (χ0v) is 17.8. The van der Waals surface area contributed by atoms with E-state index in [0.717, 1.165) is 28.2 Å². The third-order valence-electron chi connectivity index (χ3n) is 5.33.